The Hall–Kier alpha value is -2.63. The Bertz CT molecular complexity index is 996. The summed E-state index contributed by atoms with van der Waals surface area (Å²) in [6.07, 6.45) is -2.37. The minimum atomic E-state index is -4.56. The Morgan fingerprint density at radius 3 is 2.22 bits per heavy atom. The maximum atomic E-state index is 12.8. The molecular formula is C22H21F3IN3O3. The zero-order chi connectivity index (χ0) is 23.3. The van der Waals surface area contributed by atoms with Crippen LogP contribution < -0.4 is 16.0 Å². The number of hydrogen-bond donors (Lipinski definition) is 3. The second-order valence-corrected chi connectivity index (χ2v) is 8.70. The summed E-state index contributed by atoms with van der Waals surface area (Å²) < 4.78 is 39.4. The Balaban J connectivity index is 1.51. The highest BCUT2D eigenvalue weighted by Crippen LogP contribution is 2.29. The van der Waals surface area contributed by atoms with Gasteiger partial charge in [-0.25, -0.2) is 0 Å². The molecule has 0 radical (unpaired) electrons. The Morgan fingerprint density at radius 2 is 1.56 bits per heavy atom. The van der Waals surface area contributed by atoms with Crippen LogP contribution in [0.3, 0.4) is 0 Å². The number of amides is 3. The van der Waals surface area contributed by atoms with E-state index in [-0.39, 0.29) is 30.1 Å². The molecule has 2 aromatic carbocycles. The Labute approximate surface area is 196 Å². The number of hydrogen-bond acceptors (Lipinski definition) is 3. The van der Waals surface area contributed by atoms with Gasteiger partial charge in [0.25, 0.3) is 11.8 Å². The van der Waals surface area contributed by atoms with Crippen LogP contribution in [0.4, 0.5) is 13.2 Å². The Morgan fingerprint density at radius 1 is 0.906 bits per heavy atom. The fourth-order valence-electron chi connectivity index (χ4n) is 3.52. The third-order valence-corrected chi connectivity index (χ3v) is 5.87. The van der Waals surface area contributed by atoms with Gasteiger partial charge in [-0.3, -0.25) is 14.4 Å². The van der Waals surface area contributed by atoms with Crippen molar-refractivity contribution in [3.05, 3.63) is 68.8 Å². The van der Waals surface area contributed by atoms with Crippen molar-refractivity contribution in [3.8, 4) is 0 Å². The van der Waals surface area contributed by atoms with Gasteiger partial charge in [0.05, 0.1) is 12.1 Å². The number of halogens is 4. The van der Waals surface area contributed by atoms with Crippen molar-refractivity contribution in [2.75, 3.05) is 6.54 Å². The molecule has 0 saturated heterocycles. The topological polar surface area (TPSA) is 87.3 Å². The molecule has 2 aromatic rings. The van der Waals surface area contributed by atoms with E-state index in [9.17, 15) is 27.6 Å². The van der Waals surface area contributed by atoms with Gasteiger partial charge in [-0.2, -0.15) is 13.2 Å². The number of carbonyl (C=O) groups excluding carboxylic acids is 3. The molecule has 32 heavy (non-hydrogen) atoms. The summed E-state index contributed by atoms with van der Waals surface area (Å²) in [5.41, 5.74) is -0.598. The molecule has 1 aliphatic rings. The van der Waals surface area contributed by atoms with Crippen molar-refractivity contribution < 1.29 is 27.6 Å². The number of benzene rings is 2. The zero-order valence-corrected chi connectivity index (χ0v) is 19.0. The van der Waals surface area contributed by atoms with Gasteiger partial charge >= 0.3 is 6.18 Å². The van der Waals surface area contributed by atoms with Crippen molar-refractivity contribution in [1.29, 1.82) is 0 Å². The molecule has 0 aliphatic heterocycles. The van der Waals surface area contributed by atoms with Crippen LogP contribution in [0, 0.1) is 3.57 Å². The van der Waals surface area contributed by atoms with Crippen LogP contribution in [-0.2, 0) is 11.0 Å². The van der Waals surface area contributed by atoms with E-state index in [0.29, 0.717) is 18.4 Å². The largest absolute Gasteiger partial charge is 0.416 e. The van der Waals surface area contributed by atoms with Crippen LogP contribution in [0.15, 0.2) is 48.5 Å². The highest BCUT2D eigenvalue weighted by Gasteiger charge is 2.31. The Kier molecular flexibility index (Phi) is 7.75. The first kappa shape index (κ1) is 24.0. The maximum absolute atomic E-state index is 12.8. The van der Waals surface area contributed by atoms with Gasteiger partial charge in [0.2, 0.25) is 5.91 Å². The van der Waals surface area contributed by atoms with Crippen LogP contribution >= 0.6 is 22.6 Å². The monoisotopic (exact) mass is 559 g/mol. The first-order chi connectivity index (χ1) is 15.1. The second-order valence-electron chi connectivity index (χ2n) is 7.45. The molecule has 3 amide bonds. The lowest BCUT2D eigenvalue weighted by atomic mass is 10.1. The fourth-order valence-corrected chi connectivity index (χ4v) is 3.88. The van der Waals surface area contributed by atoms with Crippen molar-refractivity contribution in [2.45, 2.75) is 37.5 Å². The summed E-state index contributed by atoms with van der Waals surface area (Å²) in [5, 5.41) is 8.05. The molecule has 3 rings (SSSR count). The number of alkyl halides is 3. The van der Waals surface area contributed by atoms with E-state index in [0.717, 1.165) is 28.2 Å². The van der Waals surface area contributed by atoms with Gasteiger partial charge in [-0.05, 0) is 84.3 Å². The third-order valence-electron chi connectivity index (χ3n) is 5.15. The predicted octanol–water partition coefficient (Wildman–Crippen LogP) is 3.51. The minimum absolute atomic E-state index is 0.184. The third kappa shape index (κ3) is 6.44. The van der Waals surface area contributed by atoms with Gasteiger partial charge in [-0.1, -0.05) is 6.07 Å². The molecule has 0 aromatic heterocycles. The van der Waals surface area contributed by atoms with Crippen LogP contribution in [0.2, 0.25) is 0 Å². The van der Waals surface area contributed by atoms with Crippen LogP contribution in [-0.4, -0.2) is 36.3 Å². The number of rotatable bonds is 6. The van der Waals surface area contributed by atoms with Crippen molar-refractivity contribution in [3.63, 3.8) is 0 Å². The molecule has 0 unspecified atom stereocenters. The molecule has 1 saturated carbocycles. The molecule has 1 fully saturated rings. The first-order valence-electron chi connectivity index (χ1n) is 9.95. The molecule has 0 bridgehead atoms. The maximum Gasteiger partial charge on any atom is 0.416 e. The summed E-state index contributed by atoms with van der Waals surface area (Å²) >= 11 is 2.15. The molecule has 170 valence electrons. The van der Waals surface area contributed by atoms with Crippen molar-refractivity contribution in [2.24, 2.45) is 0 Å². The average molecular weight is 559 g/mol. The minimum Gasteiger partial charge on any atom is -0.350 e. The average Bonchev–Trinajstić information content (AvgIpc) is 3.18. The van der Waals surface area contributed by atoms with Crippen LogP contribution in [0.1, 0.15) is 45.5 Å². The van der Waals surface area contributed by atoms with Crippen molar-refractivity contribution in [1.82, 2.24) is 16.0 Å². The van der Waals surface area contributed by atoms with E-state index in [1.165, 1.54) is 6.07 Å². The number of nitrogens with one attached hydrogen (secondary N) is 3. The van der Waals surface area contributed by atoms with Crippen LogP contribution in [0.5, 0.6) is 0 Å². The van der Waals surface area contributed by atoms with E-state index >= 15 is 0 Å². The highest BCUT2D eigenvalue weighted by molar-refractivity contribution is 14.1. The molecular weight excluding hydrogens is 538 g/mol. The van der Waals surface area contributed by atoms with E-state index in [2.05, 4.69) is 38.5 Å². The summed E-state index contributed by atoms with van der Waals surface area (Å²) in [4.78, 5) is 36.9. The fraction of sp³-hybridized carbons (Fsp3) is 0.318. The van der Waals surface area contributed by atoms with Gasteiger partial charge in [-0.15, -0.1) is 0 Å². The van der Waals surface area contributed by atoms with E-state index in [1.807, 2.05) is 12.1 Å². The van der Waals surface area contributed by atoms with E-state index < -0.39 is 23.6 Å². The lowest BCUT2D eigenvalue weighted by molar-refractivity contribution is -0.137. The van der Waals surface area contributed by atoms with Gasteiger partial charge in [0, 0.05) is 26.8 Å². The number of carbonyl (C=O) groups is 3. The highest BCUT2D eigenvalue weighted by atomic mass is 127. The quantitative estimate of drug-likeness (QED) is 0.474. The molecule has 3 N–H and O–H groups in total. The molecule has 1 aliphatic carbocycles. The first-order valence-corrected chi connectivity index (χ1v) is 11.0. The summed E-state index contributed by atoms with van der Waals surface area (Å²) in [7, 11) is 0. The van der Waals surface area contributed by atoms with E-state index in [4.69, 9.17) is 0 Å². The summed E-state index contributed by atoms with van der Waals surface area (Å²) in [6, 6.07) is 10.6. The normalized spacial score (nSPS) is 18.1. The smallest absolute Gasteiger partial charge is 0.350 e. The zero-order valence-electron chi connectivity index (χ0n) is 16.8. The second kappa shape index (κ2) is 10.3. The summed E-state index contributed by atoms with van der Waals surface area (Å²) in [6.45, 7) is -0.386. The van der Waals surface area contributed by atoms with Crippen molar-refractivity contribution >= 4 is 40.3 Å². The SMILES string of the molecule is O=C(CNC(=O)c1cccc(C(F)(F)F)c1)N[C@H]1CCC[C@@H]1NC(=O)c1ccc(I)cc1. The molecule has 0 heterocycles. The van der Waals surface area contributed by atoms with Crippen LogP contribution in [0.25, 0.3) is 0 Å². The van der Waals surface area contributed by atoms with Gasteiger partial charge < -0.3 is 16.0 Å². The summed E-state index contributed by atoms with van der Waals surface area (Å²) in [5.74, 6) is -1.49. The lowest BCUT2D eigenvalue weighted by Gasteiger charge is -2.22. The molecule has 0 spiro atoms. The predicted molar refractivity (Wildman–Crippen MR) is 120 cm³/mol. The lowest BCUT2D eigenvalue weighted by Crippen LogP contribution is -2.50. The van der Waals surface area contributed by atoms with Gasteiger partial charge in [0.1, 0.15) is 0 Å². The van der Waals surface area contributed by atoms with Gasteiger partial charge in [0.15, 0.2) is 0 Å². The molecule has 10 heteroatoms. The molecule has 6 nitrogen and oxygen atoms in total. The molecule has 2 atom stereocenters. The standard InChI is InChI=1S/C22H21F3IN3O3/c23-22(24,25)15-4-1-3-14(11-15)20(31)27-12-19(30)28-17-5-2-6-18(17)29-21(32)13-7-9-16(26)10-8-13/h1,3-4,7-11,17-18H,2,5-6,12H2,(H,27,31)(H,28,30)(H,29,32)/t17-,18-/m0/s1. The van der Waals surface area contributed by atoms with E-state index in [1.54, 1.807) is 12.1 Å².